The van der Waals surface area contributed by atoms with E-state index in [9.17, 15) is 14.9 Å². The summed E-state index contributed by atoms with van der Waals surface area (Å²) in [6.07, 6.45) is 4.16. The number of carbonyl (C=O) groups is 1. The molecule has 2 aliphatic rings. The van der Waals surface area contributed by atoms with Gasteiger partial charge in [-0.2, -0.15) is 0 Å². The third-order valence-corrected chi connectivity index (χ3v) is 5.20. The highest BCUT2D eigenvalue weighted by atomic mass is 127. The highest BCUT2D eigenvalue weighted by Crippen LogP contribution is 2.33. The summed E-state index contributed by atoms with van der Waals surface area (Å²) in [5, 5.41) is 14.3. The Morgan fingerprint density at radius 2 is 2.17 bits per heavy atom. The number of nitro groups is 1. The first kappa shape index (κ1) is 16.5. The lowest BCUT2D eigenvalue weighted by Gasteiger charge is -2.33. The third-order valence-electron chi connectivity index (χ3n) is 4.53. The molecule has 1 atom stereocenters. The van der Waals surface area contributed by atoms with Crippen LogP contribution in [0.25, 0.3) is 0 Å². The number of anilines is 1. The van der Waals surface area contributed by atoms with E-state index in [0.29, 0.717) is 18.2 Å². The molecule has 0 bridgehead atoms. The van der Waals surface area contributed by atoms with E-state index in [1.807, 2.05) is 11.0 Å². The molecule has 1 unspecified atom stereocenters. The van der Waals surface area contributed by atoms with Gasteiger partial charge in [-0.15, -0.1) is 0 Å². The van der Waals surface area contributed by atoms with E-state index in [0.717, 1.165) is 29.5 Å². The number of hydrogen-bond donors (Lipinski definition) is 1. The number of nitrogens with zero attached hydrogens (tertiary/aromatic N) is 2. The molecule has 1 heterocycles. The highest BCUT2D eigenvalue weighted by molar-refractivity contribution is 14.1. The van der Waals surface area contributed by atoms with Crippen LogP contribution in [0.1, 0.15) is 25.7 Å². The lowest BCUT2D eigenvalue weighted by atomic mass is 9.96. The first-order valence-corrected chi connectivity index (χ1v) is 9.09. The van der Waals surface area contributed by atoms with E-state index in [-0.39, 0.29) is 22.4 Å². The van der Waals surface area contributed by atoms with Gasteiger partial charge in [-0.3, -0.25) is 14.9 Å². The van der Waals surface area contributed by atoms with Crippen LogP contribution in [0.4, 0.5) is 11.4 Å². The SMILES string of the molecule is O=C(NCC1CC1)C1CCCN(c2ccc(I)cc2[N+](=O)[O-])C1. The van der Waals surface area contributed by atoms with Crippen LogP contribution >= 0.6 is 22.6 Å². The maximum Gasteiger partial charge on any atom is 0.293 e. The summed E-state index contributed by atoms with van der Waals surface area (Å²) in [6, 6.07) is 5.26. The second kappa shape index (κ2) is 7.02. The second-order valence-corrected chi connectivity index (χ2v) is 7.61. The predicted molar refractivity (Wildman–Crippen MR) is 96.5 cm³/mol. The average Bonchev–Trinajstić information content (AvgIpc) is 3.37. The number of nitrogens with one attached hydrogen (secondary N) is 1. The van der Waals surface area contributed by atoms with Crippen molar-refractivity contribution in [3.8, 4) is 0 Å². The molecular formula is C16H20IN3O3. The molecule has 1 aromatic rings. The molecule has 6 nitrogen and oxygen atoms in total. The Morgan fingerprint density at radius 3 is 2.87 bits per heavy atom. The number of nitro benzene ring substituents is 1. The maximum absolute atomic E-state index is 12.3. The molecule has 1 amide bonds. The minimum atomic E-state index is -0.339. The van der Waals surface area contributed by atoms with Crippen molar-refractivity contribution in [2.24, 2.45) is 11.8 Å². The fourth-order valence-corrected chi connectivity index (χ4v) is 3.51. The number of amides is 1. The van der Waals surface area contributed by atoms with Gasteiger partial charge in [0.1, 0.15) is 5.69 Å². The van der Waals surface area contributed by atoms with E-state index < -0.39 is 0 Å². The van der Waals surface area contributed by atoms with E-state index in [1.165, 1.54) is 12.8 Å². The molecule has 1 saturated heterocycles. The van der Waals surface area contributed by atoms with Crippen molar-refractivity contribution in [2.75, 3.05) is 24.5 Å². The molecule has 23 heavy (non-hydrogen) atoms. The van der Waals surface area contributed by atoms with Crippen LogP contribution in [-0.2, 0) is 4.79 Å². The molecule has 1 aromatic carbocycles. The van der Waals surface area contributed by atoms with Crippen LogP contribution in [0, 0.1) is 25.5 Å². The van der Waals surface area contributed by atoms with Crippen molar-refractivity contribution in [3.05, 3.63) is 31.9 Å². The summed E-state index contributed by atoms with van der Waals surface area (Å²) in [7, 11) is 0. The van der Waals surface area contributed by atoms with Crippen molar-refractivity contribution in [1.29, 1.82) is 0 Å². The molecule has 0 radical (unpaired) electrons. The summed E-state index contributed by atoms with van der Waals surface area (Å²) in [5.41, 5.74) is 0.742. The Labute approximate surface area is 148 Å². The van der Waals surface area contributed by atoms with Crippen LogP contribution in [0.15, 0.2) is 18.2 Å². The van der Waals surface area contributed by atoms with E-state index in [4.69, 9.17) is 0 Å². The Kier molecular flexibility index (Phi) is 5.03. The van der Waals surface area contributed by atoms with Gasteiger partial charge in [0, 0.05) is 29.3 Å². The monoisotopic (exact) mass is 429 g/mol. The van der Waals surface area contributed by atoms with E-state index >= 15 is 0 Å². The molecule has 3 rings (SSSR count). The number of benzene rings is 1. The second-order valence-electron chi connectivity index (χ2n) is 6.36. The lowest BCUT2D eigenvalue weighted by Crippen LogP contribution is -2.43. The van der Waals surface area contributed by atoms with Crippen molar-refractivity contribution in [2.45, 2.75) is 25.7 Å². The van der Waals surface area contributed by atoms with Crippen LogP contribution in [-0.4, -0.2) is 30.5 Å². The Hall–Kier alpha value is -1.38. The number of hydrogen-bond acceptors (Lipinski definition) is 4. The van der Waals surface area contributed by atoms with Crippen molar-refractivity contribution >= 4 is 39.9 Å². The topological polar surface area (TPSA) is 75.5 Å². The standard InChI is InChI=1S/C16H20IN3O3/c17-13-5-6-14(15(8-13)20(22)23)19-7-1-2-12(10-19)16(21)18-9-11-3-4-11/h5-6,8,11-12H,1-4,7,9-10H2,(H,18,21). The van der Waals surface area contributed by atoms with Crippen molar-refractivity contribution < 1.29 is 9.72 Å². The Bertz CT molecular complexity index is 619. The average molecular weight is 429 g/mol. The number of carbonyl (C=O) groups excluding carboxylic acids is 1. The summed E-state index contributed by atoms with van der Waals surface area (Å²) in [4.78, 5) is 25.3. The van der Waals surface area contributed by atoms with Crippen LogP contribution in [0.3, 0.4) is 0 Å². The summed E-state index contributed by atoms with van der Waals surface area (Å²) in [5.74, 6) is 0.673. The van der Waals surface area contributed by atoms with Gasteiger partial charge in [0.05, 0.1) is 10.8 Å². The zero-order chi connectivity index (χ0) is 16.4. The fraction of sp³-hybridized carbons (Fsp3) is 0.562. The number of halogens is 1. The van der Waals surface area contributed by atoms with Gasteiger partial charge < -0.3 is 10.2 Å². The van der Waals surface area contributed by atoms with Gasteiger partial charge in [0.15, 0.2) is 0 Å². The van der Waals surface area contributed by atoms with E-state index in [2.05, 4.69) is 27.9 Å². The Morgan fingerprint density at radius 1 is 1.39 bits per heavy atom. The predicted octanol–water partition coefficient (Wildman–Crippen LogP) is 2.94. The van der Waals surface area contributed by atoms with Crippen LogP contribution in [0.5, 0.6) is 0 Å². The number of rotatable bonds is 5. The lowest BCUT2D eigenvalue weighted by molar-refractivity contribution is -0.384. The van der Waals surface area contributed by atoms with Gasteiger partial charge in [0.25, 0.3) is 5.69 Å². The van der Waals surface area contributed by atoms with Gasteiger partial charge >= 0.3 is 0 Å². The van der Waals surface area contributed by atoms with E-state index in [1.54, 1.807) is 12.1 Å². The Balaban J connectivity index is 1.70. The first-order chi connectivity index (χ1) is 11.0. The highest BCUT2D eigenvalue weighted by Gasteiger charge is 2.30. The van der Waals surface area contributed by atoms with Gasteiger partial charge in [0.2, 0.25) is 5.91 Å². The molecule has 124 valence electrons. The zero-order valence-corrected chi connectivity index (χ0v) is 15.0. The third kappa shape index (κ3) is 4.13. The molecule has 7 heteroatoms. The molecule has 1 N–H and O–H groups in total. The van der Waals surface area contributed by atoms with Gasteiger partial charge in [-0.25, -0.2) is 0 Å². The van der Waals surface area contributed by atoms with Crippen molar-refractivity contribution in [1.82, 2.24) is 5.32 Å². The molecule has 1 aliphatic carbocycles. The molecule has 0 aromatic heterocycles. The molecule has 1 aliphatic heterocycles. The fourth-order valence-electron chi connectivity index (χ4n) is 3.03. The zero-order valence-electron chi connectivity index (χ0n) is 12.8. The quantitative estimate of drug-likeness (QED) is 0.444. The summed E-state index contributed by atoms with van der Waals surface area (Å²) < 4.78 is 0.841. The first-order valence-electron chi connectivity index (χ1n) is 8.01. The molecule has 0 spiro atoms. The summed E-state index contributed by atoms with van der Waals surface area (Å²) in [6.45, 7) is 2.09. The normalized spacial score (nSPS) is 21.1. The minimum Gasteiger partial charge on any atom is -0.365 e. The van der Waals surface area contributed by atoms with Crippen molar-refractivity contribution in [3.63, 3.8) is 0 Å². The van der Waals surface area contributed by atoms with Crippen LogP contribution in [0.2, 0.25) is 0 Å². The maximum atomic E-state index is 12.3. The number of piperidine rings is 1. The minimum absolute atomic E-state index is 0.0821. The van der Waals surface area contributed by atoms with Crippen LogP contribution < -0.4 is 10.2 Å². The van der Waals surface area contributed by atoms with Gasteiger partial charge in [-0.1, -0.05) is 0 Å². The molecular weight excluding hydrogens is 409 g/mol. The molecule has 2 fully saturated rings. The largest absolute Gasteiger partial charge is 0.365 e. The summed E-state index contributed by atoms with van der Waals surface area (Å²) >= 11 is 2.08. The smallest absolute Gasteiger partial charge is 0.293 e. The van der Waals surface area contributed by atoms with Gasteiger partial charge in [-0.05, 0) is 66.3 Å². The molecule has 1 saturated carbocycles.